The summed E-state index contributed by atoms with van der Waals surface area (Å²) in [5.41, 5.74) is 0.258. The van der Waals surface area contributed by atoms with Crippen LogP contribution in [0.25, 0.3) is 0 Å². The van der Waals surface area contributed by atoms with Gasteiger partial charge < -0.3 is 15.2 Å². The van der Waals surface area contributed by atoms with E-state index in [1.165, 1.54) is 12.4 Å². The smallest absolute Gasteiger partial charge is 0.271 e. The summed E-state index contributed by atoms with van der Waals surface area (Å²) in [4.78, 5) is 23.8. The first-order valence-electron chi connectivity index (χ1n) is 5.76. The van der Waals surface area contributed by atoms with Gasteiger partial charge in [-0.3, -0.25) is 9.78 Å². The first-order chi connectivity index (χ1) is 9.19. The van der Waals surface area contributed by atoms with Crippen LogP contribution in [0, 0.1) is 6.92 Å². The fourth-order valence-corrected chi connectivity index (χ4v) is 1.41. The Morgan fingerprint density at radius 2 is 2.21 bits per heavy atom. The minimum absolute atomic E-state index is 0.258. The summed E-state index contributed by atoms with van der Waals surface area (Å²) in [6.07, 6.45) is 3.43. The molecule has 0 aliphatic carbocycles. The summed E-state index contributed by atoms with van der Waals surface area (Å²) < 4.78 is 4.94. The first kappa shape index (κ1) is 12.9. The van der Waals surface area contributed by atoms with Gasteiger partial charge in [0.15, 0.2) is 5.82 Å². The lowest BCUT2D eigenvalue weighted by Gasteiger charge is -2.04. The second-order valence-corrected chi connectivity index (χ2v) is 3.78. The number of hydrogen-bond donors (Lipinski definition) is 2. The van der Waals surface area contributed by atoms with Crippen LogP contribution in [0.5, 0.6) is 0 Å². The molecule has 2 aromatic rings. The van der Waals surface area contributed by atoms with Crippen LogP contribution in [0.15, 0.2) is 16.9 Å². The number of nitrogens with one attached hydrogen (secondary N) is 2. The van der Waals surface area contributed by atoms with Crippen molar-refractivity contribution in [2.24, 2.45) is 0 Å². The van der Waals surface area contributed by atoms with Crippen molar-refractivity contribution in [1.82, 2.24) is 25.4 Å². The van der Waals surface area contributed by atoms with Crippen molar-refractivity contribution in [1.29, 1.82) is 0 Å². The average molecular weight is 262 g/mol. The Balaban J connectivity index is 1.87. The molecule has 0 saturated carbocycles. The van der Waals surface area contributed by atoms with Crippen LogP contribution in [0.4, 0.5) is 5.82 Å². The molecule has 0 aliphatic heterocycles. The third-order valence-corrected chi connectivity index (χ3v) is 2.32. The van der Waals surface area contributed by atoms with Gasteiger partial charge in [0, 0.05) is 20.0 Å². The lowest BCUT2D eigenvalue weighted by Crippen LogP contribution is -2.27. The number of amides is 1. The molecule has 0 radical (unpaired) electrons. The van der Waals surface area contributed by atoms with Gasteiger partial charge in [-0.25, -0.2) is 4.98 Å². The quantitative estimate of drug-likeness (QED) is 0.791. The molecule has 2 rings (SSSR count). The lowest BCUT2D eigenvalue weighted by molar-refractivity contribution is 0.0948. The highest BCUT2D eigenvalue weighted by atomic mass is 16.5. The Morgan fingerprint density at radius 3 is 2.89 bits per heavy atom. The van der Waals surface area contributed by atoms with Crippen LogP contribution in [-0.4, -0.2) is 39.6 Å². The standard InChI is InChI=1S/C11H14N6O2/c1-7-15-10(19-17-7)3-4-14-11(18)8-5-13-6-9(12-2)16-8/h5-6H,3-4H2,1-2H3,(H,12,16)(H,14,18). The van der Waals surface area contributed by atoms with Crippen molar-refractivity contribution in [3.8, 4) is 0 Å². The van der Waals surface area contributed by atoms with E-state index in [-0.39, 0.29) is 11.6 Å². The predicted octanol–water partition coefficient (Wildman–Crippen LogP) is 0.182. The Labute approximate surface area is 109 Å². The molecule has 8 heteroatoms. The molecule has 0 aromatic carbocycles. The first-order valence-corrected chi connectivity index (χ1v) is 5.76. The van der Waals surface area contributed by atoms with E-state index in [0.717, 1.165) is 0 Å². The monoisotopic (exact) mass is 262 g/mol. The van der Waals surface area contributed by atoms with Gasteiger partial charge in [-0.1, -0.05) is 5.16 Å². The fraction of sp³-hybridized carbons (Fsp3) is 0.364. The number of rotatable bonds is 5. The van der Waals surface area contributed by atoms with Crippen molar-refractivity contribution < 1.29 is 9.32 Å². The van der Waals surface area contributed by atoms with Gasteiger partial charge in [0.1, 0.15) is 11.5 Å². The molecule has 8 nitrogen and oxygen atoms in total. The van der Waals surface area contributed by atoms with Crippen molar-refractivity contribution in [2.45, 2.75) is 13.3 Å². The maximum Gasteiger partial charge on any atom is 0.271 e. The Kier molecular flexibility index (Phi) is 4.01. The van der Waals surface area contributed by atoms with E-state index < -0.39 is 0 Å². The lowest BCUT2D eigenvalue weighted by atomic mass is 10.3. The van der Waals surface area contributed by atoms with Crippen molar-refractivity contribution in [3.63, 3.8) is 0 Å². The maximum absolute atomic E-state index is 11.8. The van der Waals surface area contributed by atoms with Crippen LogP contribution in [0.1, 0.15) is 22.2 Å². The number of aromatic nitrogens is 4. The number of aryl methyl sites for hydroxylation is 1. The normalized spacial score (nSPS) is 10.2. The largest absolute Gasteiger partial charge is 0.372 e. The molecule has 2 aromatic heterocycles. The number of carbonyl (C=O) groups excluding carboxylic acids is 1. The van der Waals surface area contributed by atoms with Gasteiger partial charge in [0.05, 0.1) is 12.4 Å². The van der Waals surface area contributed by atoms with E-state index in [2.05, 4.69) is 30.7 Å². The SMILES string of the molecule is CNc1cncc(C(=O)NCCc2nc(C)no2)n1. The number of carbonyl (C=O) groups is 1. The van der Waals surface area contributed by atoms with Gasteiger partial charge in [-0.2, -0.15) is 4.98 Å². The molecule has 0 saturated heterocycles. The minimum Gasteiger partial charge on any atom is -0.372 e. The highest BCUT2D eigenvalue weighted by Crippen LogP contribution is 2.01. The van der Waals surface area contributed by atoms with E-state index in [1.807, 2.05) is 0 Å². The summed E-state index contributed by atoms with van der Waals surface area (Å²) in [5.74, 6) is 1.32. The molecule has 1 amide bonds. The van der Waals surface area contributed by atoms with Crippen LogP contribution < -0.4 is 10.6 Å². The van der Waals surface area contributed by atoms with Crippen LogP contribution in [-0.2, 0) is 6.42 Å². The topological polar surface area (TPSA) is 106 Å². The van der Waals surface area contributed by atoms with Gasteiger partial charge in [0.25, 0.3) is 5.91 Å². The Bertz CT molecular complexity index is 568. The molecule has 2 N–H and O–H groups in total. The third-order valence-electron chi connectivity index (χ3n) is 2.32. The highest BCUT2D eigenvalue weighted by Gasteiger charge is 2.09. The van der Waals surface area contributed by atoms with E-state index >= 15 is 0 Å². The summed E-state index contributed by atoms with van der Waals surface area (Å²) in [7, 11) is 1.71. The van der Waals surface area contributed by atoms with Crippen LogP contribution in [0.2, 0.25) is 0 Å². The second-order valence-electron chi connectivity index (χ2n) is 3.78. The molecule has 0 aliphatic rings. The molecular formula is C11H14N6O2. The average Bonchev–Trinajstić information content (AvgIpc) is 2.84. The van der Waals surface area contributed by atoms with Crippen molar-refractivity contribution in [2.75, 3.05) is 18.9 Å². The highest BCUT2D eigenvalue weighted by molar-refractivity contribution is 5.92. The zero-order valence-electron chi connectivity index (χ0n) is 10.7. The number of anilines is 1. The molecule has 0 spiro atoms. The van der Waals surface area contributed by atoms with E-state index in [9.17, 15) is 4.79 Å². The predicted molar refractivity (Wildman–Crippen MR) is 66.7 cm³/mol. The molecule has 0 bridgehead atoms. The molecule has 2 heterocycles. The zero-order valence-corrected chi connectivity index (χ0v) is 10.7. The van der Waals surface area contributed by atoms with Gasteiger partial charge in [0.2, 0.25) is 5.89 Å². The van der Waals surface area contributed by atoms with Crippen LogP contribution in [0.3, 0.4) is 0 Å². The maximum atomic E-state index is 11.8. The number of nitrogens with zero attached hydrogens (tertiary/aromatic N) is 4. The van der Waals surface area contributed by atoms with Gasteiger partial charge >= 0.3 is 0 Å². The fourth-order valence-electron chi connectivity index (χ4n) is 1.41. The van der Waals surface area contributed by atoms with Crippen LogP contribution >= 0.6 is 0 Å². The van der Waals surface area contributed by atoms with Gasteiger partial charge in [-0.15, -0.1) is 0 Å². The number of hydrogen-bond acceptors (Lipinski definition) is 7. The molecule has 0 fully saturated rings. The van der Waals surface area contributed by atoms with E-state index in [1.54, 1.807) is 14.0 Å². The Hall–Kier alpha value is -2.51. The minimum atomic E-state index is -0.291. The summed E-state index contributed by atoms with van der Waals surface area (Å²) in [6.45, 7) is 2.14. The molecule has 0 unspecified atom stereocenters. The zero-order chi connectivity index (χ0) is 13.7. The molecule has 100 valence electrons. The van der Waals surface area contributed by atoms with E-state index in [4.69, 9.17) is 4.52 Å². The van der Waals surface area contributed by atoms with Crippen molar-refractivity contribution >= 4 is 11.7 Å². The van der Waals surface area contributed by atoms with Gasteiger partial charge in [-0.05, 0) is 6.92 Å². The van der Waals surface area contributed by atoms with E-state index in [0.29, 0.717) is 30.5 Å². The molecule has 0 atom stereocenters. The van der Waals surface area contributed by atoms with Crippen molar-refractivity contribution in [3.05, 3.63) is 29.8 Å². The second kappa shape index (κ2) is 5.89. The Morgan fingerprint density at radius 1 is 1.37 bits per heavy atom. The summed E-state index contributed by atoms with van der Waals surface area (Å²) in [6, 6.07) is 0. The summed E-state index contributed by atoms with van der Waals surface area (Å²) in [5, 5.41) is 9.20. The molecular weight excluding hydrogens is 248 g/mol. The third kappa shape index (κ3) is 3.47. The molecule has 19 heavy (non-hydrogen) atoms. The summed E-state index contributed by atoms with van der Waals surface area (Å²) >= 11 is 0.